The maximum absolute atomic E-state index is 12.5. The number of halogens is 1. The quantitative estimate of drug-likeness (QED) is 0.662. The molecule has 0 radical (unpaired) electrons. The van der Waals surface area contributed by atoms with Gasteiger partial charge in [0.25, 0.3) is 5.91 Å². The number of carbonyl (C=O) groups excluding carboxylic acids is 3. The predicted molar refractivity (Wildman–Crippen MR) is 111 cm³/mol. The fraction of sp³-hybridized carbons (Fsp3) is 0.286. The average molecular weight is 419 g/mol. The van der Waals surface area contributed by atoms with Gasteiger partial charge in [0.1, 0.15) is 5.75 Å². The van der Waals surface area contributed by atoms with Crippen molar-refractivity contribution >= 4 is 40.8 Å². The van der Waals surface area contributed by atoms with Gasteiger partial charge in [-0.15, -0.1) is 0 Å². The maximum atomic E-state index is 12.5. The smallest absolute Gasteiger partial charge is 0.350 e. The van der Waals surface area contributed by atoms with E-state index >= 15 is 0 Å². The van der Waals surface area contributed by atoms with Crippen LogP contribution in [0.5, 0.6) is 5.75 Å². The summed E-state index contributed by atoms with van der Waals surface area (Å²) in [5.41, 5.74) is -0.192. The van der Waals surface area contributed by atoms with Crippen LogP contribution in [0.3, 0.4) is 0 Å². The third-order valence-electron chi connectivity index (χ3n) is 3.80. The van der Waals surface area contributed by atoms with Gasteiger partial charge in [-0.05, 0) is 69.3 Å². The van der Waals surface area contributed by atoms with Crippen molar-refractivity contribution in [2.45, 2.75) is 39.4 Å². The number of esters is 1. The Labute approximate surface area is 174 Å². The lowest BCUT2D eigenvalue weighted by Crippen LogP contribution is -2.43. The SMILES string of the molecule is CC(=O)Nc1ccc(NC(=O)C(C)OC(=O)C(C)(C)Oc2ccc(Cl)cc2)cc1. The highest BCUT2D eigenvalue weighted by atomic mass is 35.5. The predicted octanol–water partition coefficient (Wildman–Crippen LogP) is 4.03. The van der Waals surface area contributed by atoms with E-state index in [0.29, 0.717) is 22.1 Å². The highest BCUT2D eigenvalue weighted by Crippen LogP contribution is 2.22. The number of hydrogen-bond acceptors (Lipinski definition) is 5. The highest BCUT2D eigenvalue weighted by Gasteiger charge is 2.34. The molecule has 0 fully saturated rings. The number of ether oxygens (including phenoxy) is 2. The average Bonchev–Trinajstić information content (AvgIpc) is 2.64. The lowest BCUT2D eigenvalue weighted by molar-refractivity contribution is -0.166. The molecule has 7 nitrogen and oxygen atoms in total. The van der Waals surface area contributed by atoms with E-state index in [1.54, 1.807) is 62.4 Å². The zero-order valence-electron chi connectivity index (χ0n) is 16.6. The second-order valence-electron chi connectivity index (χ2n) is 6.86. The van der Waals surface area contributed by atoms with Crippen molar-refractivity contribution in [3.05, 3.63) is 53.6 Å². The van der Waals surface area contributed by atoms with Crippen LogP contribution in [0.1, 0.15) is 27.7 Å². The molecule has 2 aromatic carbocycles. The molecule has 1 unspecified atom stereocenters. The van der Waals surface area contributed by atoms with E-state index in [1.165, 1.54) is 13.8 Å². The first kappa shape index (κ1) is 22.2. The second-order valence-corrected chi connectivity index (χ2v) is 7.30. The van der Waals surface area contributed by atoms with E-state index in [4.69, 9.17) is 21.1 Å². The molecule has 0 saturated carbocycles. The summed E-state index contributed by atoms with van der Waals surface area (Å²) in [5.74, 6) is -0.914. The Morgan fingerprint density at radius 2 is 1.45 bits per heavy atom. The van der Waals surface area contributed by atoms with E-state index in [1.807, 2.05) is 0 Å². The number of rotatable bonds is 7. The molecule has 0 aliphatic carbocycles. The van der Waals surface area contributed by atoms with Gasteiger partial charge in [-0.2, -0.15) is 0 Å². The molecule has 0 saturated heterocycles. The van der Waals surface area contributed by atoms with Crippen LogP contribution in [0.4, 0.5) is 11.4 Å². The van der Waals surface area contributed by atoms with Crippen molar-refractivity contribution in [1.82, 2.24) is 0 Å². The Hall–Kier alpha value is -3.06. The van der Waals surface area contributed by atoms with Gasteiger partial charge in [0.15, 0.2) is 11.7 Å². The Balaban J connectivity index is 1.92. The molecule has 2 amide bonds. The molecule has 0 aliphatic rings. The van der Waals surface area contributed by atoms with Crippen molar-refractivity contribution in [3.8, 4) is 5.75 Å². The molecule has 2 aromatic rings. The van der Waals surface area contributed by atoms with Gasteiger partial charge < -0.3 is 20.1 Å². The monoisotopic (exact) mass is 418 g/mol. The zero-order chi connectivity index (χ0) is 21.6. The van der Waals surface area contributed by atoms with E-state index in [9.17, 15) is 14.4 Å². The van der Waals surface area contributed by atoms with E-state index in [0.717, 1.165) is 0 Å². The summed E-state index contributed by atoms with van der Waals surface area (Å²) < 4.78 is 10.9. The molecular formula is C21H23ClN2O5. The van der Waals surface area contributed by atoms with E-state index < -0.39 is 23.6 Å². The standard InChI is InChI=1S/C21H23ClN2O5/c1-13(19(26)24-17-9-7-16(8-10-17)23-14(2)25)28-20(27)21(3,4)29-18-11-5-15(22)6-12-18/h5-13H,1-4H3,(H,23,25)(H,24,26). The minimum absolute atomic E-state index is 0.189. The third kappa shape index (κ3) is 6.80. The molecule has 0 aromatic heterocycles. The molecule has 0 bridgehead atoms. The van der Waals surface area contributed by atoms with Crippen LogP contribution in [0.15, 0.2) is 48.5 Å². The molecular weight excluding hydrogens is 396 g/mol. The number of amides is 2. The molecule has 8 heteroatoms. The van der Waals surface area contributed by atoms with Crippen LogP contribution in [-0.4, -0.2) is 29.5 Å². The van der Waals surface area contributed by atoms with Crippen molar-refractivity contribution in [2.75, 3.05) is 10.6 Å². The summed E-state index contributed by atoms with van der Waals surface area (Å²) in [6, 6.07) is 13.1. The van der Waals surface area contributed by atoms with Crippen LogP contribution >= 0.6 is 11.6 Å². The van der Waals surface area contributed by atoms with Crippen LogP contribution in [0.2, 0.25) is 5.02 Å². The molecule has 29 heavy (non-hydrogen) atoms. The van der Waals surface area contributed by atoms with Gasteiger partial charge >= 0.3 is 5.97 Å². The van der Waals surface area contributed by atoms with Gasteiger partial charge in [0.05, 0.1) is 0 Å². The molecule has 154 valence electrons. The molecule has 2 N–H and O–H groups in total. The topological polar surface area (TPSA) is 93.7 Å². The first-order valence-electron chi connectivity index (χ1n) is 8.91. The van der Waals surface area contributed by atoms with Crippen molar-refractivity contribution < 1.29 is 23.9 Å². The Bertz CT molecular complexity index is 879. The normalized spacial score (nSPS) is 11.9. The van der Waals surface area contributed by atoms with Crippen molar-refractivity contribution in [1.29, 1.82) is 0 Å². The number of anilines is 2. The molecule has 0 heterocycles. The Morgan fingerprint density at radius 3 is 1.97 bits per heavy atom. The van der Waals surface area contributed by atoms with Gasteiger partial charge in [-0.3, -0.25) is 9.59 Å². The largest absolute Gasteiger partial charge is 0.476 e. The summed E-state index contributed by atoms with van der Waals surface area (Å²) >= 11 is 5.84. The molecule has 1 atom stereocenters. The van der Waals surface area contributed by atoms with Gasteiger partial charge in [-0.25, -0.2) is 4.79 Å². The fourth-order valence-corrected chi connectivity index (χ4v) is 2.40. The first-order chi connectivity index (χ1) is 13.6. The molecule has 2 rings (SSSR count). The van der Waals surface area contributed by atoms with Crippen LogP contribution in [-0.2, 0) is 19.1 Å². The number of hydrogen-bond donors (Lipinski definition) is 2. The van der Waals surface area contributed by atoms with Gasteiger partial charge in [-0.1, -0.05) is 11.6 Å². The summed E-state index contributed by atoms with van der Waals surface area (Å²) in [4.78, 5) is 35.8. The lowest BCUT2D eigenvalue weighted by atomic mass is 10.1. The second kappa shape index (κ2) is 9.43. The Morgan fingerprint density at radius 1 is 0.931 bits per heavy atom. The van der Waals surface area contributed by atoms with E-state index in [2.05, 4.69) is 10.6 Å². The lowest BCUT2D eigenvalue weighted by Gasteiger charge is -2.26. The maximum Gasteiger partial charge on any atom is 0.350 e. The van der Waals surface area contributed by atoms with Gasteiger partial charge in [0, 0.05) is 23.3 Å². The molecule has 0 spiro atoms. The minimum atomic E-state index is -1.30. The first-order valence-corrected chi connectivity index (χ1v) is 9.29. The van der Waals surface area contributed by atoms with Crippen LogP contribution in [0.25, 0.3) is 0 Å². The number of benzene rings is 2. The van der Waals surface area contributed by atoms with Crippen LogP contribution in [0, 0.1) is 0 Å². The van der Waals surface area contributed by atoms with Gasteiger partial charge in [0.2, 0.25) is 5.91 Å². The third-order valence-corrected chi connectivity index (χ3v) is 4.06. The summed E-state index contributed by atoms with van der Waals surface area (Å²) in [6.07, 6.45) is -1.04. The Kier molecular flexibility index (Phi) is 7.23. The number of carbonyl (C=O) groups is 3. The minimum Gasteiger partial charge on any atom is -0.476 e. The highest BCUT2D eigenvalue weighted by molar-refractivity contribution is 6.30. The van der Waals surface area contributed by atoms with Crippen molar-refractivity contribution in [2.24, 2.45) is 0 Å². The number of nitrogens with one attached hydrogen (secondary N) is 2. The fourth-order valence-electron chi connectivity index (χ4n) is 2.28. The summed E-state index contributed by atoms with van der Waals surface area (Å²) in [7, 11) is 0. The van der Waals surface area contributed by atoms with Crippen molar-refractivity contribution in [3.63, 3.8) is 0 Å². The molecule has 0 aliphatic heterocycles. The summed E-state index contributed by atoms with van der Waals surface area (Å²) in [6.45, 7) is 5.98. The summed E-state index contributed by atoms with van der Waals surface area (Å²) in [5, 5.41) is 5.83. The van der Waals surface area contributed by atoms with Crippen LogP contribution < -0.4 is 15.4 Å². The van der Waals surface area contributed by atoms with E-state index in [-0.39, 0.29) is 5.91 Å². The zero-order valence-corrected chi connectivity index (χ0v) is 17.4.